The van der Waals surface area contributed by atoms with Gasteiger partial charge in [0, 0.05) is 6.54 Å². The van der Waals surface area contributed by atoms with Gasteiger partial charge in [-0.25, -0.2) is 0 Å². The van der Waals surface area contributed by atoms with Crippen molar-refractivity contribution in [3.63, 3.8) is 0 Å². The van der Waals surface area contributed by atoms with Gasteiger partial charge in [0.15, 0.2) is 12.1 Å². The molecule has 0 amide bonds. The van der Waals surface area contributed by atoms with Gasteiger partial charge in [0.2, 0.25) is 0 Å². The van der Waals surface area contributed by atoms with Gasteiger partial charge in [-0.1, -0.05) is 0 Å². The van der Waals surface area contributed by atoms with E-state index in [2.05, 4.69) is 21.0 Å². The maximum atomic E-state index is 12.0. The molecule has 16 heavy (non-hydrogen) atoms. The molecule has 1 fully saturated rings. The zero-order valence-corrected chi connectivity index (χ0v) is 10.6. The molecule has 6 heteroatoms. The van der Waals surface area contributed by atoms with Crippen LogP contribution >= 0.6 is 15.9 Å². The molecular weight excluding hydrogens is 276 g/mol. The van der Waals surface area contributed by atoms with Crippen molar-refractivity contribution in [1.82, 2.24) is 9.78 Å². The second-order valence-electron chi connectivity index (χ2n) is 3.46. The number of nitrogens with zero attached hydrogens (tertiary/aromatic N) is 2. The van der Waals surface area contributed by atoms with E-state index in [9.17, 15) is 4.79 Å². The molecule has 1 saturated heterocycles. The molecule has 5 nitrogen and oxygen atoms in total. The smallest absolute Gasteiger partial charge is 0.187 e. The average molecular weight is 289 g/mol. The predicted octanol–water partition coefficient (Wildman–Crippen LogP) is 1.61. The molecule has 2 heterocycles. The van der Waals surface area contributed by atoms with Crippen LogP contribution in [-0.2, 0) is 16.0 Å². The number of aryl methyl sites for hydroxylation is 1. The fourth-order valence-electron chi connectivity index (χ4n) is 1.65. The van der Waals surface area contributed by atoms with Crippen LogP contribution in [0.4, 0.5) is 0 Å². The zero-order valence-electron chi connectivity index (χ0n) is 8.98. The van der Waals surface area contributed by atoms with E-state index in [1.807, 2.05) is 6.92 Å². The fraction of sp³-hybridized carbons (Fsp3) is 0.600. The van der Waals surface area contributed by atoms with Crippen LogP contribution in [0.15, 0.2) is 10.7 Å². The number of ether oxygens (including phenoxy) is 2. The second kappa shape index (κ2) is 5.07. The van der Waals surface area contributed by atoms with E-state index in [0.717, 1.165) is 4.47 Å². The number of aromatic nitrogens is 2. The quantitative estimate of drug-likeness (QED) is 0.790. The minimum Gasteiger partial charge on any atom is -0.350 e. The lowest BCUT2D eigenvalue weighted by Gasteiger charge is -2.09. The van der Waals surface area contributed by atoms with Crippen LogP contribution in [0.5, 0.6) is 0 Å². The molecule has 0 unspecified atom stereocenters. The molecular formula is C10H13BrN2O3. The molecule has 0 atom stereocenters. The summed E-state index contributed by atoms with van der Waals surface area (Å²) in [5, 5.41) is 4.10. The summed E-state index contributed by atoms with van der Waals surface area (Å²) in [6.45, 7) is 3.73. The van der Waals surface area contributed by atoms with Gasteiger partial charge in [-0.05, 0) is 22.9 Å². The molecule has 0 radical (unpaired) electrons. The van der Waals surface area contributed by atoms with Crippen molar-refractivity contribution in [2.24, 2.45) is 0 Å². The minimum atomic E-state index is -0.403. The summed E-state index contributed by atoms with van der Waals surface area (Å²) in [5.74, 6) is -0.0156. The van der Waals surface area contributed by atoms with Crippen molar-refractivity contribution in [2.75, 3.05) is 13.2 Å². The molecule has 0 saturated carbocycles. The lowest BCUT2D eigenvalue weighted by Crippen LogP contribution is -2.18. The number of hydrogen-bond donors (Lipinski definition) is 0. The third-order valence-corrected chi connectivity index (χ3v) is 2.98. The van der Waals surface area contributed by atoms with E-state index in [1.165, 1.54) is 0 Å². The number of carbonyl (C=O) groups is 1. The zero-order chi connectivity index (χ0) is 11.5. The lowest BCUT2D eigenvalue weighted by molar-refractivity contribution is -0.0409. The maximum absolute atomic E-state index is 12.0. The van der Waals surface area contributed by atoms with Crippen molar-refractivity contribution in [1.29, 1.82) is 0 Å². The Labute approximate surface area is 102 Å². The third kappa shape index (κ3) is 2.34. The summed E-state index contributed by atoms with van der Waals surface area (Å²) in [5.41, 5.74) is 0.585. The van der Waals surface area contributed by atoms with E-state index in [0.29, 0.717) is 25.5 Å². The minimum absolute atomic E-state index is 0.0156. The fourth-order valence-corrected chi connectivity index (χ4v) is 2.17. The summed E-state index contributed by atoms with van der Waals surface area (Å²) in [4.78, 5) is 12.0. The van der Waals surface area contributed by atoms with Crippen LogP contribution in [0.25, 0.3) is 0 Å². The Kier molecular flexibility index (Phi) is 3.73. The largest absolute Gasteiger partial charge is 0.350 e. The van der Waals surface area contributed by atoms with Gasteiger partial charge in [0.1, 0.15) is 5.69 Å². The van der Waals surface area contributed by atoms with Crippen molar-refractivity contribution in [2.45, 2.75) is 26.2 Å². The Morgan fingerprint density at radius 2 is 2.31 bits per heavy atom. The maximum Gasteiger partial charge on any atom is 0.187 e. The van der Waals surface area contributed by atoms with Gasteiger partial charge < -0.3 is 9.47 Å². The first-order chi connectivity index (χ1) is 7.72. The topological polar surface area (TPSA) is 53.4 Å². The number of ketones is 1. The normalized spacial score (nSPS) is 16.9. The summed E-state index contributed by atoms with van der Waals surface area (Å²) < 4.78 is 12.9. The Morgan fingerprint density at radius 1 is 1.62 bits per heavy atom. The summed E-state index contributed by atoms with van der Waals surface area (Å²) in [6.07, 6.45) is 1.47. The first-order valence-corrected chi connectivity index (χ1v) is 5.99. The Morgan fingerprint density at radius 3 is 2.94 bits per heavy atom. The molecule has 0 bridgehead atoms. The highest BCUT2D eigenvalue weighted by molar-refractivity contribution is 9.10. The third-order valence-electron chi connectivity index (χ3n) is 2.40. The summed E-state index contributed by atoms with van der Waals surface area (Å²) >= 11 is 3.32. The van der Waals surface area contributed by atoms with Crippen LogP contribution in [0.3, 0.4) is 0 Å². The number of halogens is 1. The molecule has 0 aliphatic carbocycles. The summed E-state index contributed by atoms with van der Waals surface area (Å²) in [7, 11) is 0. The van der Waals surface area contributed by atoms with E-state index < -0.39 is 6.29 Å². The second-order valence-corrected chi connectivity index (χ2v) is 4.31. The number of hydrogen-bond acceptors (Lipinski definition) is 4. The Balaban J connectivity index is 2.10. The SMILES string of the molecule is CCn1ncc(Br)c1C(=O)CC1OCCO1. The van der Waals surface area contributed by atoms with Crippen molar-refractivity contribution in [3.05, 3.63) is 16.4 Å². The average Bonchev–Trinajstić information content (AvgIpc) is 2.87. The number of Topliss-reactive ketones (excluding diaryl/α,β-unsaturated/α-hetero) is 1. The van der Waals surface area contributed by atoms with Crippen molar-refractivity contribution < 1.29 is 14.3 Å². The Hall–Kier alpha value is -0.720. The van der Waals surface area contributed by atoms with Gasteiger partial charge in [-0.15, -0.1) is 0 Å². The molecule has 2 rings (SSSR count). The highest BCUT2D eigenvalue weighted by Crippen LogP contribution is 2.20. The van der Waals surface area contributed by atoms with Crippen molar-refractivity contribution >= 4 is 21.7 Å². The van der Waals surface area contributed by atoms with E-state index >= 15 is 0 Å². The van der Waals surface area contributed by atoms with Gasteiger partial charge in [0.25, 0.3) is 0 Å². The molecule has 1 aromatic rings. The van der Waals surface area contributed by atoms with Crippen LogP contribution in [0, 0.1) is 0 Å². The van der Waals surface area contributed by atoms with Crippen LogP contribution in [0.1, 0.15) is 23.8 Å². The Bertz CT molecular complexity index is 385. The van der Waals surface area contributed by atoms with E-state index in [4.69, 9.17) is 9.47 Å². The monoisotopic (exact) mass is 288 g/mol. The van der Waals surface area contributed by atoms with E-state index in [1.54, 1.807) is 10.9 Å². The van der Waals surface area contributed by atoms with Gasteiger partial charge >= 0.3 is 0 Å². The van der Waals surface area contributed by atoms with Crippen LogP contribution in [-0.4, -0.2) is 35.1 Å². The van der Waals surface area contributed by atoms with Gasteiger partial charge in [-0.3, -0.25) is 9.48 Å². The van der Waals surface area contributed by atoms with E-state index in [-0.39, 0.29) is 12.2 Å². The molecule has 0 spiro atoms. The van der Waals surface area contributed by atoms with Crippen LogP contribution < -0.4 is 0 Å². The number of rotatable bonds is 4. The highest BCUT2D eigenvalue weighted by atomic mass is 79.9. The van der Waals surface area contributed by atoms with Gasteiger partial charge in [-0.2, -0.15) is 5.10 Å². The number of carbonyl (C=O) groups excluding carboxylic acids is 1. The highest BCUT2D eigenvalue weighted by Gasteiger charge is 2.24. The molecule has 88 valence electrons. The first kappa shape index (κ1) is 11.8. The first-order valence-electron chi connectivity index (χ1n) is 5.20. The molecule has 0 aromatic carbocycles. The van der Waals surface area contributed by atoms with Crippen molar-refractivity contribution in [3.8, 4) is 0 Å². The predicted molar refractivity (Wildman–Crippen MR) is 60.2 cm³/mol. The lowest BCUT2D eigenvalue weighted by atomic mass is 10.2. The summed E-state index contributed by atoms with van der Waals surface area (Å²) in [6, 6.07) is 0. The molecule has 1 aliphatic heterocycles. The molecule has 0 N–H and O–H groups in total. The molecule has 1 aliphatic rings. The van der Waals surface area contributed by atoms with Crippen LogP contribution in [0.2, 0.25) is 0 Å². The van der Waals surface area contributed by atoms with Gasteiger partial charge in [0.05, 0.1) is 30.3 Å². The molecule has 1 aromatic heterocycles. The standard InChI is InChI=1S/C10H13BrN2O3/c1-2-13-10(7(11)6-12-13)8(14)5-9-15-3-4-16-9/h6,9H,2-5H2,1H3.